The number of carbonyl (C=O) groups is 1. The molecule has 1 aromatic rings. The number of rotatable bonds is 6. The number of carbonyl (C=O) groups excluding carboxylic acids is 1. The fourth-order valence-electron chi connectivity index (χ4n) is 1.91. The maximum atomic E-state index is 12.8. The summed E-state index contributed by atoms with van der Waals surface area (Å²) in [5, 5.41) is 12.3. The van der Waals surface area contributed by atoms with Crippen molar-refractivity contribution in [3.05, 3.63) is 29.6 Å². The lowest BCUT2D eigenvalue weighted by molar-refractivity contribution is 0.0927. The Morgan fingerprint density at radius 3 is 2.58 bits per heavy atom. The van der Waals surface area contributed by atoms with Crippen molar-refractivity contribution in [1.29, 1.82) is 0 Å². The van der Waals surface area contributed by atoms with E-state index in [2.05, 4.69) is 24.1 Å². The molecule has 5 heteroatoms. The van der Waals surface area contributed by atoms with Gasteiger partial charge in [-0.25, -0.2) is 4.39 Å². The molecule has 2 N–H and O–H groups in total. The van der Waals surface area contributed by atoms with Crippen molar-refractivity contribution in [3.8, 4) is 5.75 Å². The lowest BCUT2D eigenvalue weighted by Crippen LogP contribution is -2.41. The number of aromatic hydroxyl groups is 1. The Bertz CT molecular complexity index is 433. The van der Waals surface area contributed by atoms with Crippen LogP contribution in [0, 0.1) is 5.82 Å². The monoisotopic (exact) mass is 268 g/mol. The smallest absolute Gasteiger partial charge is 0.255 e. The lowest BCUT2D eigenvalue weighted by atomic mass is 10.1. The molecule has 1 aromatic carbocycles. The molecule has 0 aliphatic heterocycles. The van der Waals surface area contributed by atoms with Crippen molar-refractivity contribution in [3.63, 3.8) is 0 Å². The van der Waals surface area contributed by atoms with Crippen LogP contribution in [-0.2, 0) is 0 Å². The fraction of sp³-hybridized carbons (Fsp3) is 0.500. The number of amides is 1. The Hall–Kier alpha value is -1.62. The standard InChI is InChI=1S/C14H21FN2O2/c1-4-17(5-2)9-10(3)16-14(19)12-7-6-11(15)8-13(12)18/h6-8,10,18H,4-5,9H2,1-3H3,(H,16,19). The summed E-state index contributed by atoms with van der Waals surface area (Å²) in [6, 6.07) is 3.33. The first kappa shape index (κ1) is 15.4. The van der Waals surface area contributed by atoms with Crippen LogP contribution in [-0.4, -0.2) is 41.6 Å². The SMILES string of the molecule is CCN(CC)CC(C)NC(=O)c1ccc(F)cc1O. The maximum absolute atomic E-state index is 12.8. The number of hydrogen-bond donors (Lipinski definition) is 2. The van der Waals surface area contributed by atoms with Gasteiger partial charge in [0.15, 0.2) is 0 Å². The largest absolute Gasteiger partial charge is 0.507 e. The van der Waals surface area contributed by atoms with Crippen molar-refractivity contribution >= 4 is 5.91 Å². The summed E-state index contributed by atoms with van der Waals surface area (Å²) >= 11 is 0. The van der Waals surface area contributed by atoms with Crippen LogP contribution >= 0.6 is 0 Å². The molecular weight excluding hydrogens is 247 g/mol. The molecule has 0 saturated carbocycles. The Kier molecular flexibility index (Phi) is 5.76. The molecule has 4 nitrogen and oxygen atoms in total. The summed E-state index contributed by atoms with van der Waals surface area (Å²) in [7, 11) is 0. The Morgan fingerprint density at radius 2 is 2.05 bits per heavy atom. The molecule has 1 amide bonds. The maximum Gasteiger partial charge on any atom is 0.255 e. The van der Waals surface area contributed by atoms with Crippen LogP contribution in [0.25, 0.3) is 0 Å². The van der Waals surface area contributed by atoms with Gasteiger partial charge in [0.25, 0.3) is 5.91 Å². The molecule has 1 rings (SSSR count). The van der Waals surface area contributed by atoms with Crippen molar-refractivity contribution in [1.82, 2.24) is 10.2 Å². The molecular formula is C14H21FN2O2. The van der Waals surface area contributed by atoms with E-state index in [1.165, 1.54) is 6.07 Å². The number of halogens is 1. The van der Waals surface area contributed by atoms with Gasteiger partial charge in [-0.15, -0.1) is 0 Å². The Labute approximate surface area is 113 Å². The summed E-state index contributed by atoms with van der Waals surface area (Å²) in [6.45, 7) is 8.59. The van der Waals surface area contributed by atoms with E-state index in [-0.39, 0.29) is 17.4 Å². The third-order valence-electron chi connectivity index (χ3n) is 3.01. The number of benzene rings is 1. The van der Waals surface area contributed by atoms with E-state index in [0.717, 1.165) is 31.8 Å². The highest BCUT2D eigenvalue weighted by molar-refractivity contribution is 5.96. The van der Waals surface area contributed by atoms with E-state index >= 15 is 0 Å². The van der Waals surface area contributed by atoms with E-state index in [9.17, 15) is 14.3 Å². The minimum absolute atomic E-state index is 0.0446. The van der Waals surface area contributed by atoms with Crippen LogP contribution in [0.2, 0.25) is 0 Å². The zero-order chi connectivity index (χ0) is 14.4. The van der Waals surface area contributed by atoms with E-state index in [1.54, 1.807) is 0 Å². The number of phenolic OH excluding ortho intramolecular Hbond substituents is 1. The van der Waals surface area contributed by atoms with Crippen molar-refractivity contribution in [2.24, 2.45) is 0 Å². The molecule has 0 aliphatic rings. The first-order valence-electron chi connectivity index (χ1n) is 6.49. The summed E-state index contributed by atoms with van der Waals surface area (Å²) in [4.78, 5) is 14.1. The second-order valence-corrected chi connectivity index (χ2v) is 4.52. The minimum atomic E-state index is -0.565. The molecule has 106 valence electrons. The van der Waals surface area contributed by atoms with Crippen LogP contribution < -0.4 is 5.32 Å². The fourth-order valence-corrected chi connectivity index (χ4v) is 1.91. The average Bonchev–Trinajstić information content (AvgIpc) is 2.35. The third kappa shape index (κ3) is 4.52. The Morgan fingerprint density at radius 1 is 1.42 bits per heavy atom. The molecule has 0 bridgehead atoms. The van der Waals surface area contributed by atoms with Crippen molar-refractivity contribution in [2.45, 2.75) is 26.8 Å². The van der Waals surface area contributed by atoms with Gasteiger partial charge in [-0.3, -0.25) is 4.79 Å². The topological polar surface area (TPSA) is 52.6 Å². The van der Waals surface area contributed by atoms with E-state index in [1.807, 2.05) is 6.92 Å². The molecule has 0 radical (unpaired) electrons. The summed E-state index contributed by atoms with van der Waals surface area (Å²) in [6.07, 6.45) is 0. The van der Waals surface area contributed by atoms with E-state index < -0.39 is 11.7 Å². The lowest BCUT2D eigenvalue weighted by Gasteiger charge is -2.23. The molecule has 0 aliphatic carbocycles. The predicted molar refractivity (Wildman–Crippen MR) is 72.8 cm³/mol. The molecule has 0 aromatic heterocycles. The third-order valence-corrected chi connectivity index (χ3v) is 3.01. The zero-order valence-corrected chi connectivity index (χ0v) is 11.6. The molecule has 0 heterocycles. The van der Waals surface area contributed by atoms with E-state index in [0.29, 0.717) is 0 Å². The second kappa shape index (κ2) is 7.09. The van der Waals surface area contributed by atoms with Crippen LogP contribution in [0.1, 0.15) is 31.1 Å². The average molecular weight is 268 g/mol. The highest BCUT2D eigenvalue weighted by Gasteiger charge is 2.15. The van der Waals surface area contributed by atoms with Crippen LogP contribution in [0.4, 0.5) is 4.39 Å². The number of phenols is 1. The van der Waals surface area contributed by atoms with Gasteiger partial charge in [-0.2, -0.15) is 0 Å². The number of nitrogens with one attached hydrogen (secondary N) is 1. The summed E-state index contributed by atoms with van der Waals surface area (Å²) in [5.74, 6) is -1.30. The van der Waals surface area contributed by atoms with Crippen LogP contribution in [0.3, 0.4) is 0 Å². The molecule has 1 atom stereocenters. The molecule has 19 heavy (non-hydrogen) atoms. The zero-order valence-electron chi connectivity index (χ0n) is 11.6. The van der Waals surface area contributed by atoms with Gasteiger partial charge in [0, 0.05) is 18.7 Å². The number of nitrogens with zero attached hydrogens (tertiary/aromatic N) is 1. The molecule has 0 spiro atoms. The van der Waals surface area contributed by atoms with Gasteiger partial charge < -0.3 is 15.3 Å². The van der Waals surface area contributed by atoms with Gasteiger partial charge in [0.2, 0.25) is 0 Å². The van der Waals surface area contributed by atoms with Crippen molar-refractivity contribution in [2.75, 3.05) is 19.6 Å². The highest BCUT2D eigenvalue weighted by atomic mass is 19.1. The van der Waals surface area contributed by atoms with Gasteiger partial charge in [0.1, 0.15) is 11.6 Å². The summed E-state index contributed by atoms with van der Waals surface area (Å²) in [5.41, 5.74) is 0.0906. The number of likely N-dealkylation sites (N-methyl/N-ethyl adjacent to an activating group) is 1. The van der Waals surface area contributed by atoms with Crippen LogP contribution in [0.5, 0.6) is 5.75 Å². The van der Waals surface area contributed by atoms with Crippen molar-refractivity contribution < 1.29 is 14.3 Å². The molecule has 0 saturated heterocycles. The Balaban J connectivity index is 2.63. The second-order valence-electron chi connectivity index (χ2n) is 4.52. The predicted octanol–water partition coefficient (Wildman–Crippen LogP) is 1.99. The van der Waals surface area contributed by atoms with Crippen LogP contribution in [0.15, 0.2) is 18.2 Å². The van der Waals surface area contributed by atoms with Gasteiger partial charge in [0.05, 0.1) is 5.56 Å². The quantitative estimate of drug-likeness (QED) is 0.829. The summed E-state index contributed by atoms with van der Waals surface area (Å²) < 4.78 is 12.8. The number of hydrogen-bond acceptors (Lipinski definition) is 3. The minimum Gasteiger partial charge on any atom is -0.507 e. The van der Waals surface area contributed by atoms with Gasteiger partial charge >= 0.3 is 0 Å². The molecule has 1 unspecified atom stereocenters. The highest BCUT2D eigenvalue weighted by Crippen LogP contribution is 2.17. The first-order valence-corrected chi connectivity index (χ1v) is 6.49. The first-order chi connectivity index (χ1) is 8.97. The normalized spacial score (nSPS) is 12.5. The van der Waals surface area contributed by atoms with E-state index in [4.69, 9.17) is 0 Å². The molecule has 0 fully saturated rings. The van der Waals surface area contributed by atoms with Gasteiger partial charge in [-0.05, 0) is 32.1 Å². The van der Waals surface area contributed by atoms with Gasteiger partial charge in [-0.1, -0.05) is 13.8 Å².